The van der Waals surface area contributed by atoms with Crippen LogP contribution >= 0.6 is 11.8 Å². The van der Waals surface area contributed by atoms with Gasteiger partial charge in [0.2, 0.25) is 5.17 Å². The van der Waals surface area contributed by atoms with Crippen LogP contribution in [-0.2, 0) is 4.79 Å². The summed E-state index contributed by atoms with van der Waals surface area (Å²) in [5.74, 6) is 1.19. The van der Waals surface area contributed by atoms with Crippen LogP contribution in [0.2, 0.25) is 0 Å². The fraction of sp³-hybridized carbons (Fsp3) is 0.308. The predicted octanol–water partition coefficient (Wildman–Crippen LogP) is 4.52. The SMILES string of the molecule is Cc1ccccc1OCCOc1ccc(/C=C2/C(=N)N3N=C(N4CCCCC4)SC3=NC2=O)cc1. The summed E-state index contributed by atoms with van der Waals surface area (Å²) >= 11 is 1.36. The lowest BCUT2D eigenvalue weighted by Crippen LogP contribution is -2.35. The molecule has 0 unspecified atom stereocenters. The van der Waals surface area contributed by atoms with E-state index in [2.05, 4.69) is 15.0 Å². The van der Waals surface area contributed by atoms with Gasteiger partial charge in [-0.2, -0.15) is 10.0 Å². The number of piperidine rings is 1. The van der Waals surface area contributed by atoms with E-state index < -0.39 is 5.91 Å². The third-order valence-corrected chi connectivity index (χ3v) is 6.93. The summed E-state index contributed by atoms with van der Waals surface area (Å²) in [6.45, 7) is 4.76. The number of amides is 1. The molecule has 2 aromatic carbocycles. The number of ether oxygens (including phenoxy) is 2. The molecule has 0 aromatic heterocycles. The van der Waals surface area contributed by atoms with Gasteiger partial charge in [-0.25, -0.2) is 0 Å². The van der Waals surface area contributed by atoms with Crippen molar-refractivity contribution in [3.8, 4) is 11.5 Å². The largest absolute Gasteiger partial charge is 0.490 e. The summed E-state index contributed by atoms with van der Waals surface area (Å²) in [5.41, 5.74) is 2.09. The Morgan fingerprint density at radius 2 is 1.74 bits per heavy atom. The lowest BCUT2D eigenvalue weighted by atomic mass is 10.1. The number of fused-ring (bicyclic) bond motifs is 1. The third-order valence-electron chi connectivity index (χ3n) is 5.96. The van der Waals surface area contributed by atoms with Crippen LogP contribution in [0.3, 0.4) is 0 Å². The van der Waals surface area contributed by atoms with Gasteiger partial charge in [0.1, 0.15) is 24.7 Å². The van der Waals surface area contributed by atoms with Gasteiger partial charge in [0.25, 0.3) is 5.91 Å². The van der Waals surface area contributed by atoms with Crippen LogP contribution in [0.15, 0.2) is 64.2 Å². The molecule has 1 fully saturated rings. The van der Waals surface area contributed by atoms with Crippen LogP contribution in [0.5, 0.6) is 11.5 Å². The first-order valence-corrected chi connectivity index (χ1v) is 12.6. The summed E-state index contributed by atoms with van der Waals surface area (Å²) in [7, 11) is 0. The zero-order chi connectivity index (χ0) is 24.2. The summed E-state index contributed by atoms with van der Waals surface area (Å²) in [5, 5.41) is 15.9. The molecule has 35 heavy (non-hydrogen) atoms. The predicted molar refractivity (Wildman–Crippen MR) is 139 cm³/mol. The number of hydrogen-bond acceptors (Lipinski definition) is 7. The van der Waals surface area contributed by atoms with Crippen molar-refractivity contribution in [1.29, 1.82) is 5.41 Å². The maximum atomic E-state index is 12.7. The molecule has 0 radical (unpaired) electrons. The van der Waals surface area contributed by atoms with Gasteiger partial charge in [-0.15, -0.1) is 5.10 Å². The van der Waals surface area contributed by atoms with Gasteiger partial charge >= 0.3 is 0 Å². The number of rotatable bonds is 6. The lowest BCUT2D eigenvalue weighted by molar-refractivity contribution is -0.114. The van der Waals surface area contributed by atoms with Crippen molar-refractivity contribution in [2.24, 2.45) is 10.1 Å². The normalized spacial score (nSPS) is 18.9. The minimum atomic E-state index is -0.419. The van der Waals surface area contributed by atoms with E-state index in [9.17, 15) is 4.79 Å². The van der Waals surface area contributed by atoms with Crippen LogP contribution in [0.25, 0.3) is 6.08 Å². The van der Waals surface area contributed by atoms with Crippen molar-refractivity contribution in [2.45, 2.75) is 26.2 Å². The first kappa shape index (κ1) is 23.2. The molecule has 1 amide bonds. The molecular formula is C26H27N5O3S. The molecule has 8 nitrogen and oxygen atoms in total. The number of amidine groups is 3. The number of benzene rings is 2. The topological polar surface area (TPSA) is 90.6 Å². The number of carbonyl (C=O) groups is 1. The zero-order valence-electron chi connectivity index (χ0n) is 19.6. The van der Waals surface area contributed by atoms with Crippen molar-refractivity contribution in [1.82, 2.24) is 9.91 Å². The first-order valence-electron chi connectivity index (χ1n) is 11.7. The van der Waals surface area contributed by atoms with Crippen molar-refractivity contribution in [3.05, 3.63) is 65.2 Å². The number of hydrazone groups is 1. The number of thioether (sulfide) groups is 1. The molecule has 180 valence electrons. The quantitative estimate of drug-likeness (QED) is 0.474. The highest BCUT2D eigenvalue weighted by atomic mass is 32.2. The monoisotopic (exact) mass is 489 g/mol. The fourth-order valence-corrected chi connectivity index (χ4v) is 5.00. The fourth-order valence-electron chi connectivity index (χ4n) is 4.05. The minimum absolute atomic E-state index is 0.0493. The second-order valence-corrected chi connectivity index (χ2v) is 9.42. The standard InChI is InChI=1S/C26H27N5O3S/c1-18-7-3-4-8-22(18)34-16-15-33-20-11-9-19(10-12-20)17-21-23(27)31-25(28-24(21)32)35-26(29-31)30-13-5-2-6-14-30/h3-4,7-12,17,27H,2,5-6,13-16H2,1H3/b21-17-,27-23?. The molecule has 0 saturated carbocycles. The molecule has 9 heteroatoms. The van der Waals surface area contributed by atoms with E-state index in [0.717, 1.165) is 48.0 Å². The second-order valence-electron chi connectivity index (χ2n) is 8.48. The zero-order valence-corrected chi connectivity index (χ0v) is 20.4. The minimum Gasteiger partial charge on any atom is -0.490 e. The summed E-state index contributed by atoms with van der Waals surface area (Å²) < 4.78 is 11.5. The summed E-state index contributed by atoms with van der Waals surface area (Å²) in [6.07, 6.45) is 5.17. The molecule has 3 heterocycles. The molecule has 1 saturated heterocycles. The van der Waals surface area contributed by atoms with Crippen molar-refractivity contribution in [2.75, 3.05) is 26.3 Å². The van der Waals surface area contributed by atoms with Gasteiger partial charge in [0, 0.05) is 13.1 Å². The number of likely N-dealkylation sites (tertiary alicyclic amines) is 1. The Morgan fingerprint density at radius 3 is 2.51 bits per heavy atom. The van der Waals surface area contributed by atoms with Crippen LogP contribution in [0.4, 0.5) is 0 Å². The van der Waals surface area contributed by atoms with E-state index in [4.69, 9.17) is 14.9 Å². The number of para-hydroxylation sites is 1. The Morgan fingerprint density at radius 1 is 1.00 bits per heavy atom. The van der Waals surface area contributed by atoms with Crippen molar-refractivity contribution in [3.63, 3.8) is 0 Å². The van der Waals surface area contributed by atoms with Crippen LogP contribution in [0, 0.1) is 12.3 Å². The van der Waals surface area contributed by atoms with Crippen molar-refractivity contribution < 1.29 is 14.3 Å². The summed E-state index contributed by atoms with van der Waals surface area (Å²) in [6, 6.07) is 15.3. The number of aliphatic imine (C=N–C) groups is 1. The van der Waals surface area contributed by atoms with E-state index in [1.54, 1.807) is 6.08 Å². The number of nitrogens with one attached hydrogen (secondary N) is 1. The Balaban J connectivity index is 1.20. The molecule has 0 bridgehead atoms. The molecule has 5 rings (SSSR count). The molecule has 0 atom stereocenters. The Kier molecular flexibility index (Phi) is 6.85. The van der Waals surface area contributed by atoms with Crippen LogP contribution < -0.4 is 9.47 Å². The highest BCUT2D eigenvalue weighted by Crippen LogP contribution is 2.30. The first-order chi connectivity index (χ1) is 17.1. The smallest absolute Gasteiger partial charge is 0.283 e. The molecule has 2 aromatic rings. The lowest BCUT2D eigenvalue weighted by Gasteiger charge is -2.26. The second kappa shape index (κ2) is 10.4. The van der Waals surface area contributed by atoms with Crippen LogP contribution in [-0.4, -0.2) is 58.3 Å². The van der Waals surface area contributed by atoms with Gasteiger partial charge < -0.3 is 14.4 Å². The van der Waals surface area contributed by atoms with Gasteiger partial charge in [-0.3, -0.25) is 10.2 Å². The van der Waals surface area contributed by atoms with Gasteiger partial charge in [-0.1, -0.05) is 30.3 Å². The van der Waals surface area contributed by atoms with Gasteiger partial charge in [0.05, 0.1) is 5.57 Å². The van der Waals surface area contributed by atoms with E-state index in [-0.39, 0.29) is 11.4 Å². The Hall–Kier alpha value is -3.59. The maximum Gasteiger partial charge on any atom is 0.283 e. The van der Waals surface area contributed by atoms with Gasteiger partial charge in [0.15, 0.2) is 11.0 Å². The maximum absolute atomic E-state index is 12.7. The van der Waals surface area contributed by atoms with E-state index in [1.807, 2.05) is 55.5 Å². The Bertz CT molecular complexity index is 1220. The average Bonchev–Trinajstić information content (AvgIpc) is 3.31. The van der Waals surface area contributed by atoms with E-state index >= 15 is 0 Å². The number of nitrogens with zero attached hydrogens (tertiary/aromatic N) is 4. The van der Waals surface area contributed by atoms with E-state index in [1.165, 1.54) is 23.2 Å². The Labute approximate surface area is 208 Å². The molecule has 3 aliphatic rings. The highest BCUT2D eigenvalue weighted by molar-refractivity contribution is 8.26. The van der Waals surface area contributed by atoms with E-state index in [0.29, 0.717) is 24.1 Å². The number of hydrogen-bond donors (Lipinski definition) is 1. The van der Waals surface area contributed by atoms with Crippen molar-refractivity contribution >= 4 is 39.9 Å². The average molecular weight is 490 g/mol. The van der Waals surface area contributed by atoms with Gasteiger partial charge in [-0.05, 0) is 73.4 Å². The summed E-state index contributed by atoms with van der Waals surface area (Å²) in [4.78, 5) is 19.1. The number of carbonyl (C=O) groups excluding carboxylic acids is 1. The highest BCUT2D eigenvalue weighted by Gasteiger charge is 2.37. The molecule has 0 aliphatic carbocycles. The third kappa shape index (κ3) is 5.24. The molecule has 0 spiro atoms. The number of aryl methyl sites for hydroxylation is 1. The van der Waals surface area contributed by atoms with Crippen LogP contribution in [0.1, 0.15) is 30.4 Å². The molecular weight excluding hydrogens is 462 g/mol. The molecule has 1 N–H and O–H groups in total. The molecule has 3 aliphatic heterocycles.